The molecule has 0 unspecified atom stereocenters. The second-order valence-electron chi connectivity index (χ2n) is 5.69. The van der Waals surface area contributed by atoms with Crippen LogP contribution >= 0.6 is 11.3 Å². The van der Waals surface area contributed by atoms with Gasteiger partial charge in [-0.2, -0.15) is 0 Å². The van der Waals surface area contributed by atoms with Crippen LogP contribution in [-0.4, -0.2) is 33.7 Å². The smallest absolute Gasteiger partial charge is 0.241 e. The monoisotopic (exact) mass is 318 g/mol. The van der Waals surface area contributed by atoms with Crippen molar-refractivity contribution in [1.82, 2.24) is 10.0 Å². The maximum atomic E-state index is 12.2. The molecule has 0 amide bonds. The van der Waals surface area contributed by atoms with Crippen molar-refractivity contribution in [1.29, 1.82) is 0 Å². The van der Waals surface area contributed by atoms with Crippen LogP contribution in [0.1, 0.15) is 31.6 Å². The van der Waals surface area contributed by atoms with E-state index in [1.54, 1.807) is 18.6 Å². The molecule has 0 radical (unpaired) electrons. The molecule has 2 N–H and O–H groups in total. The highest BCUT2D eigenvalue weighted by Gasteiger charge is 2.23. The van der Waals surface area contributed by atoms with E-state index in [4.69, 9.17) is 4.74 Å². The Morgan fingerprint density at radius 2 is 2.15 bits per heavy atom. The number of nitrogens with one attached hydrogen (secondary N) is 2. The van der Waals surface area contributed by atoms with Gasteiger partial charge in [0.1, 0.15) is 0 Å². The molecular weight excluding hydrogens is 296 g/mol. The van der Waals surface area contributed by atoms with Crippen molar-refractivity contribution in [2.75, 3.05) is 13.7 Å². The first-order valence-electron chi connectivity index (χ1n) is 6.68. The Hall–Kier alpha value is -0.470. The Balaban J connectivity index is 1.94. The van der Waals surface area contributed by atoms with Crippen LogP contribution in [0.25, 0.3) is 0 Å². The fourth-order valence-electron chi connectivity index (χ4n) is 1.55. The lowest BCUT2D eigenvalue weighted by Gasteiger charge is -2.22. The van der Waals surface area contributed by atoms with Gasteiger partial charge in [0.05, 0.1) is 10.5 Å². The summed E-state index contributed by atoms with van der Waals surface area (Å²) >= 11 is 1.47. The van der Waals surface area contributed by atoms with Crippen molar-refractivity contribution in [3.63, 3.8) is 0 Å². The quantitative estimate of drug-likeness (QED) is 0.765. The van der Waals surface area contributed by atoms with Gasteiger partial charge in [0.15, 0.2) is 0 Å². The van der Waals surface area contributed by atoms with E-state index < -0.39 is 15.6 Å². The summed E-state index contributed by atoms with van der Waals surface area (Å²) in [7, 11) is -1.88. The largest absolute Gasteiger partial charge is 0.377 e. The Morgan fingerprint density at radius 3 is 2.75 bits per heavy atom. The zero-order valence-electron chi connectivity index (χ0n) is 12.1. The number of rotatable bonds is 8. The van der Waals surface area contributed by atoms with E-state index in [9.17, 15) is 8.42 Å². The molecule has 2 rings (SSSR count). The lowest BCUT2D eigenvalue weighted by molar-refractivity contribution is 0.0276. The van der Waals surface area contributed by atoms with Crippen LogP contribution < -0.4 is 10.0 Å². The van der Waals surface area contributed by atoms with Gasteiger partial charge in [-0.3, -0.25) is 0 Å². The van der Waals surface area contributed by atoms with E-state index in [1.165, 1.54) is 24.2 Å². The first-order chi connectivity index (χ1) is 9.32. The molecule has 0 atom stereocenters. The molecule has 1 fully saturated rings. The summed E-state index contributed by atoms with van der Waals surface area (Å²) in [5, 5.41) is 5.06. The van der Waals surface area contributed by atoms with Crippen molar-refractivity contribution in [3.8, 4) is 0 Å². The van der Waals surface area contributed by atoms with Crippen molar-refractivity contribution in [2.24, 2.45) is 0 Å². The Labute approximate surface area is 124 Å². The third kappa shape index (κ3) is 4.53. The number of ether oxygens (including phenoxy) is 1. The maximum Gasteiger partial charge on any atom is 0.241 e. The molecule has 1 aromatic rings. The van der Waals surface area contributed by atoms with E-state index >= 15 is 0 Å². The Morgan fingerprint density at radius 1 is 1.45 bits per heavy atom. The Bertz CT molecular complexity index is 548. The van der Waals surface area contributed by atoms with Gasteiger partial charge in [-0.25, -0.2) is 13.1 Å². The third-order valence-electron chi connectivity index (χ3n) is 3.32. The highest BCUT2D eigenvalue weighted by molar-refractivity contribution is 7.89. The Kier molecular flexibility index (Phi) is 4.86. The maximum absolute atomic E-state index is 12.2. The first-order valence-corrected chi connectivity index (χ1v) is 9.04. The lowest BCUT2D eigenvalue weighted by Crippen LogP contribution is -2.39. The summed E-state index contributed by atoms with van der Waals surface area (Å²) < 4.78 is 32.2. The molecule has 0 saturated heterocycles. The lowest BCUT2D eigenvalue weighted by atomic mass is 10.1. The molecule has 1 aliphatic carbocycles. The number of thiophene rings is 1. The molecule has 1 heterocycles. The zero-order chi connectivity index (χ0) is 14.8. The molecule has 1 aliphatic rings. The van der Waals surface area contributed by atoms with Crippen LogP contribution in [0.15, 0.2) is 16.3 Å². The average Bonchev–Trinajstić information content (AvgIpc) is 3.10. The van der Waals surface area contributed by atoms with E-state index in [-0.39, 0.29) is 6.54 Å². The summed E-state index contributed by atoms with van der Waals surface area (Å²) in [6.07, 6.45) is 2.45. The fourth-order valence-corrected chi connectivity index (χ4v) is 3.98. The van der Waals surface area contributed by atoms with Gasteiger partial charge < -0.3 is 10.1 Å². The van der Waals surface area contributed by atoms with Crippen LogP contribution in [0.5, 0.6) is 0 Å². The molecule has 7 heteroatoms. The normalized spacial score (nSPS) is 16.6. The SMILES string of the molecule is COC(C)(C)CNS(=O)(=O)c1csc(CNC2CC2)c1. The van der Waals surface area contributed by atoms with Gasteiger partial charge in [-0.05, 0) is 32.8 Å². The number of sulfonamides is 1. The molecule has 1 aromatic heterocycles. The van der Waals surface area contributed by atoms with Crippen LogP contribution in [0, 0.1) is 0 Å². The second kappa shape index (κ2) is 6.11. The molecule has 0 spiro atoms. The van der Waals surface area contributed by atoms with Crippen molar-refractivity contribution in [3.05, 3.63) is 16.3 Å². The summed E-state index contributed by atoms with van der Waals surface area (Å²) in [4.78, 5) is 1.38. The number of methoxy groups -OCH3 is 1. The van der Waals surface area contributed by atoms with Crippen LogP contribution in [0.4, 0.5) is 0 Å². The summed E-state index contributed by atoms with van der Waals surface area (Å²) in [5.74, 6) is 0. The van der Waals surface area contributed by atoms with Gasteiger partial charge in [-0.15, -0.1) is 11.3 Å². The van der Waals surface area contributed by atoms with Crippen LogP contribution in [0.2, 0.25) is 0 Å². The van der Waals surface area contributed by atoms with Gasteiger partial charge in [-0.1, -0.05) is 0 Å². The van der Waals surface area contributed by atoms with Gasteiger partial charge in [0, 0.05) is 36.5 Å². The minimum atomic E-state index is -3.45. The first kappa shape index (κ1) is 15.9. The summed E-state index contributed by atoms with van der Waals surface area (Å²) in [5.41, 5.74) is -0.514. The summed E-state index contributed by atoms with van der Waals surface area (Å²) in [6.45, 7) is 4.67. The topological polar surface area (TPSA) is 67.4 Å². The highest BCUT2D eigenvalue weighted by atomic mass is 32.2. The predicted molar refractivity (Wildman–Crippen MR) is 80.5 cm³/mol. The second-order valence-corrected chi connectivity index (χ2v) is 8.45. The fraction of sp³-hybridized carbons (Fsp3) is 0.692. The van der Waals surface area contributed by atoms with E-state index in [1.807, 2.05) is 13.8 Å². The molecule has 0 aromatic carbocycles. The third-order valence-corrected chi connectivity index (χ3v) is 5.79. The zero-order valence-corrected chi connectivity index (χ0v) is 13.7. The summed E-state index contributed by atoms with van der Waals surface area (Å²) in [6, 6.07) is 2.36. The van der Waals surface area contributed by atoms with Crippen molar-refractivity contribution >= 4 is 21.4 Å². The average molecular weight is 318 g/mol. The van der Waals surface area contributed by atoms with Gasteiger partial charge in [0.2, 0.25) is 10.0 Å². The molecule has 0 aliphatic heterocycles. The van der Waals surface area contributed by atoms with Gasteiger partial charge >= 0.3 is 0 Å². The molecule has 0 bridgehead atoms. The highest BCUT2D eigenvalue weighted by Crippen LogP contribution is 2.23. The van der Waals surface area contributed by atoms with Gasteiger partial charge in [0.25, 0.3) is 0 Å². The van der Waals surface area contributed by atoms with E-state index in [0.29, 0.717) is 10.9 Å². The standard InChI is InChI=1S/C13H22N2O3S2/c1-13(2,18-3)9-15-20(16,17)12-6-11(19-8-12)7-14-10-4-5-10/h6,8,10,14-15H,4-5,7,9H2,1-3H3. The van der Waals surface area contributed by atoms with E-state index in [2.05, 4.69) is 10.0 Å². The molecule has 1 saturated carbocycles. The molecule has 5 nitrogen and oxygen atoms in total. The van der Waals surface area contributed by atoms with Crippen molar-refractivity contribution in [2.45, 2.75) is 49.8 Å². The number of hydrogen-bond donors (Lipinski definition) is 2. The minimum Gasteiger partial charge on any atom is -0.377 e. The van der Waals surface area contributed by atoms with Crippen molar-refractivity contribution < 1.29 is 13.2 Å². The van der Waals surface area contributed by atoms with Crippen LogP contribution in [0.3, 0.4) is 0 Å². The number of hydrogen-bond acceptors (Lipinski definition) is 5. The van der Waals surface area contributed by atoms with E-state index in [0.717, 1.165) is 11.4 Å². The molecule has 114 valence electrons. The van der Waals surface area contributed by atoms with Crippen LogP contribution in [-0.2, 0) is 21.3 Å². The molecular formula is C13H22N2O3S2. The molecule has 20 heavy (non-hydrogen) atoms. The predicted octanol–water partition coefficient (Wildman–Crippen LogP) is 1.70. The minimum absolute atomic E-state index is 0.247.